The summed E-state index contributed by atoms with van der Waals surface area (Å²) in [5, 5.41) is 0. The summed E-state index contributed by atoms with van der Waals surface area (Å²) >= 11 is 0. The molecule has 1 heteroatoms. The van der Waals surface area contributed by atoms with Gasteiger partial charge in [-0.05, 0) is 134 Å². The second kappa shape index (κ2) is 8.75. The minimum Gasteiger partial charge on any atom is -0.103 e. The Hall–Kier alpha value is -1.60. The van der Waals surface area contributed by atoms with Gasteiger partial charge in [0.2, 0.25) is 0 Å². The molecule has 0 aromatic carbocycles. The molecule has 190 valence electrons. The average Bonchev–Trinajstić information content (AvgIpc) is 3.24. The lowest BCUT2D eigenvalue weighted by Gasteiger charge is -2.49. The van der Waals surface area contributed by atoms with Crippen LogP contribution in [0.1, 0.15) is 83.1 Å². The standard InChI is InChI=1S/C34H50Si/c1-15-16-35(14,33-27(12)25(10)29-21(6)17(2)19(4)23(8)31(29)33)34-28(13)26(11)30-22(7)18(3)20(5)24(9)32(30)34/h15,29-34H,1,16H2,2-14H3/t29?,30?,31?,32?,33-,34+,35?. The minimum absolute atomic E-state index is 0.594. The zero-order valence-electron chi connectivity index (χ0n) is 25.0. The van der Waals surface area contributed by atoms with Crippen LogP contribution in [0.2, 0.25) is 23.7 Å². The summed E-state index contributed by atoms with van der Waals surface area (Å²) in [6.45, 7) is 36.3. The molecule has 0 aromatic heterocycles. The Bertz CT molecular complexity index is 1100. The van der Waals surface area contributed by atoms with Crippen LogP contribution in [0.3, 0.4) is 0 Å². The lowest BCUT2D eigenvalue weighted by atomic mass is 9.72. The van der Waals surface area contributed by atoms with Gasteiger partial charge in [-0.25, -0.2) is 0 Å². The minimum atomic E-state index is -1.90. The van der Waals surface area contributed by atoms with E-state index < -0.39 is 8.07 Å². The van der Waals surface area contributed by atoms with Gasteiger partial charge in [0.25, 0.3) is 0 Å². The van der Waals surface area contributed by atoms with E-state index in [9.17, 15) is 0 Å². The smallest absolute Gasteiger partial charge is 0.0701 e. The van der Waals surface area contributed by atoms with Gasteiger partial charge < -0.3 is 0 Å². The fourth-order valence-electron chi connectivity index (χ4n) is 9.35. The molecule has 0 aromatic rings. The van der Waals surface area contributed by atoms with Gasteiger partial charge in [-0.2, -0.15) is 0 Å². The fraction of sp³-hybridized carbons (Fsp3) is 0.588. The third kappa shape index (κ3) is 3.36. The van der Waals surface area contributed by atoms with Gasteiger partial charge in [0.05, 0.1) is 8.07 Å². The molecule has 4 aliphatic carbocycles. The number of hydrogen-bond donors (Lipinski definition) is 0. The molecule has 0 saturated carbocycles. The maximum absolute atomic E-state index is 4.37. The third-order valence-electron chi connectivity index (χ3n) is 12.0. The van der Waals surface area contributed by atoms with Crippen LogP contribution in [0.4, 0.5) is 0 Å². The highest BCUT2D eigenvalue weighted by atomic mass is 28.3. The van der Waals surface area contributed by atoms with Gasteiger partial charge in [0, 0.05) is 11.8 Å². The van der Waals surface area contributed by atoms with E-state index in [-0.39, 0.29) is 0 Å². The molecule has 0 bridgehead atoms. The maximum Gasteiger partial charge on any atom is 0.0701 e. The molecule has 4 aliphatic rings. The van der Waals surface area contributed by atoms with Crippen molar-refractivity contribution in [2.75, 3.05) is 0 Å². The third-order valence-corrected chi connectivity index (χ3v) is 17.6. The predicted molar refractivity (Wildman–Crippen MR) is 158 cm³/mol. The Balaban J connectivity index is 1.96. The second-order valence-electron chi connectivity index (χ2n) is 12.9. The zero-order valence-corrected chi connectivity index (χ0v) is 26.0. The Labute approximate surface area is 217 Å². The lowest BCUT2D eigenvalue weighted by molar-refractivity contribution is 0.469. The van der Waals surface area contributed by atoms with Crippen molar-refractivity contribution in [3.8, 4) is 0 Å². The van der Waals surface area contributed by atoms with Crippen molar-refractivity contribution in [2.45, 2.75) is 107 Å². The van der Waals surface area contributed by atoms with Gasteiger partial charge in [0.15, 0.2) is 0 Å². The normalized spacial score (nSPS) is 35.3. The number of fused-ring (bicyclic) bond motifs is 2. The van der Waals surface area contributed by atoms with E-state index in [0.717, 1.165) is 0 Å². The van der Waals surface area contributed by atoms with Gasteiger partial charge in [0.1, 0.15) is 0 Å². The summed E-state index contributed by atoms with van der Waals surface area (Å²) < 4.78 is 0. The molecule has 35 heavy (non-hydrogen) atoms. The zero-order chi connectivity index (χ0) is 26.3. The van der Waals surface area contributed by atoms with Crippen molar-refractivity contribution in [2.24, 2.45) is 23.7 Å². The molecule has 7 atom stereocenters. The molecule has 0 fully saturated rings. The molecule has 0 aliphatic heterocycles. The van der Waals surface area contributed by atoms with Crippen molar-refractivity contribution in [1.82, 2.24) is 0 Å². The van der Waals surface area contributed by atoms with Crippen LogP contribution in [-0.2, 0) is 0 Å². The Morgan fingerprint density at radius 2 is 0.829 bits per heavy atom. The highest BCUT2D eigenvalue weighted by Gasteiger charge is 2.59. The van der Waals surface area contributed by atoms with E-state index in [4.69, 9.17) is 0 Å². The van der Waals surface area contributed by atoms with E-state index >= 15 is 0 Å². The molecule has 0 nitrogen and oxygen atoms in total. The van der Waals surface area contributed by atoms with Crippen LogP contribution in [-0.4, -0.2) is 8.07 Å². The second-order valence-corrected chi connectivity index (χ2v) is 17.6. The number of hydrogen-bond acceptors (Lipinski definition) is 0. The first-order chi connectivity index (χ1) is 16.2. The predicted octanol–water partition coefficient (Wildman–Crippen LogP) is 10.5. The molecule has 0 spiro atoms. The van der Waals surface area contributed by atoms with Crippen LogP contribution >= 0.6 is 0 Å². The van der Waals surface area contributed by atoms with Crippen LogP contribution < -0.4 is 0 Å². The highest BCUT2D eigenvalue weighted by molar-refractivity contribution is 6.83. The molecule has 5 unspecified atom stereocenters. The summed E-state index contributed by atoms with van der Waals surface area (Å²) in [7, 11) is -1.90. The van der Waals surface area contributed by atoms with Gasteiger partial charge in [-0.1, -0.05) is 57.2 Å². The van der Waals surface area contributed by atoms with Crippen LogP contribution in [0, 0.1) is 23.7 Å². The topological polar surface area (TPSA) is 0 Å². The van der Waals surface area contributed by atoms with Crippen molar-refractivity contribution in [3.05, 3.63) is 79.5 Å². The highest BCUT2D eigenvalue weighted by Crippen LogP contribution is 2.67. The quantitative estimate of drug-likeness (QED) is 0.274. The first kappa shape index (κ1) is 26.5. The van der Waals surface area contributed by atoms with Crippen molar-refractivity contribution < 1.29 is 0 Å². The summed E-state index contributed by atoms with van der Waals surface area (Å²) in [5.41, 5.74) is 20.9. The number of allylic oxidation sites excluding steroid dienone is 13. The average molecular weight is 487 g/mol. The van der Waals surface area contributed by atoms with E-state index in [1.807, 2.05) is 0 Å². The largest absolute Gasteiger partial charge is 0.103 e. The molecule has 0 amide bonds. The van der Waals surface area contributed by atoms with Crippen molar-refractivity contribution in [1.29, 1.82) is 0 Å². The molecule has 4 rings (SSSR count). The first-order valence-electron chi connectivity index (χ1n) is 13.9. The van der Waals surface area contributed by atoms with E-state index in [2.05, 4.69) is 102 Å². The molecule has 0 N–H and O–H groups in total. The maximum atomic E-state index is 4.37. The van der Waals surface area contributed by atoms with Crippen LogP contribution in [0.15, 0.2) is 79.5 Å². The van der Waals surface area contributed by atoms with E-state index in [0.29, 0.717) is 34.8 Å². The summed E-state index contributed by atoms with van der Waals surface area (Å²) in [5.74, 6) is 2.46. The summed E-state index contributed by atoms with van der Waals surface area (Å²) in [6, 6.07) is 1.20. The first-order valence-corrected chi connectivity index (χ1v) is 16.8. The summed E-state index contributed by atoms with van der Waals surface area (Å²) in [4.78, 5) is 0. The SMILES string of the molecule is C=CC[Si](C)([C@@H]1C(C)=C(C)C2C(C)=C(C)C(C)=C(C)C21)[C@H]1C(C)=C(C)C2C(C)=C(C)C(C)=C(C)C21. The summed E-state index contributed by atoms with van der Waals surface area (Å²) in [6.07, 6.45) is 2.30. The van der Waals surface area contributed by atoms with Crippen molar-refractivity contribution >= 4 is 8.07 Å². The van der Waals surface area contributed by atoms with Gasteiger partial charge >= 0.3 is 0 Å². The molecule has 0 radical (unpaired) electrons. The molecule has 0 heterocycles. The fourth-order valence-corrected chi connectivity index (χ4v) is 15.8. The monoisotopic (exact) mass is 486 g/mol. The van der Waals surface area contributed by atoms with Crippen LogP contribution in [0.5, 0.6) is 0 Å². The van der Waals surface area contributed by atoms with Gasteiger partial charge in [-0.3, -0.25) is 0 Å². The van der Waals surface area contributed by atoms with Crippen molar-refractivity contribution in [3.63, 3.8) is 0 Å². The molecular weight excluding hydrogens is 436 g/mol. The van der Waals surface area contributed by atoms with E-state index in [1.165, 1.54) is 17.2 Å². The lowest BCUT2D eigenvalue weighted by Crippen LogP contribution is -2.48. The Kier molecular flexibility index (Phi) is 6.62. The van der Waals surface area contributed by atoms with E-state index in [1.54, 1.807) is 55.7 Å². The number of rotatable bonds is 4. The van der Waals surface area contributed by atoms with Crippen LogP contribution in [0.25, 0.3) is 0 Å². The molecular formula is C34H50Si. The van der Waals surface area contributed by atoms with Gasteiger partial charge in [-0.15, -0.1) is 6.58 Å². The Morgan fingerprint density at radius 1 is 0.514 bits per heavy atom. The Morgan fingerprint density at radius 3 is 1.14 bits per heavy atom. The molecule has 0 saturated heterocycles.